The number of thiazole rings is 1. The van der Waals surface area contributed by atoms with Crippen molar-refractivity contribution in [1.29, 1.82) is 0 Å². The van der Waals surface area contributed by atoms with Crippen LogP contribution < -0.4 is 20.7 Å². The summed E-state index contributed by atoms with van der Waals surface area (Å²) in [6.07, 6.45) is 1.87. The molecule has 0 radical (unpaired) electrons. The molecule has 0 saturated carbocycles. The summed E-state index contributed by atoms with van der Waals surface area (Å²) in [6, 6.07) is 23.5. The van der Waals surface area contributed by atoms with Gasteiger partial charge in [0.15, 0.2) is 5.13 Å². The zero-order chi connectivity index (χ0) is 25.3. The van der Waals surface area contributed by atoms with E-state index in [-0.39, 0.29) is 5.91 Å². The van der Waals surface area contributed by atoms with E-state index in [1.54, 1.807) is 18.4 Å². The van der Waals surface area contributed by atoms with Gasteiger partial charge in [-0.3, -0.25) is 4.79 Å². The van der Waals surface area contributed by atoms with E-state index in [9.17, 15) is 4.79 Å². The zero-order valence-electron chi connectivity index (χ0n) is 20.3. The lowest BCUT2D eigenvalue weighted by Gasteiger charge is -2.20. The molecule has 0 atom stereocenters. The fraction of sp³-hybridized carbons (Fsp3) is 0.172. The van der Waals surface area contributed by atoms with Gasteiger partial charge in [-0.05, 0) is 41.0 Å². The van der Waals surface area contributed by atoms with Gasteiger partial charge in [-0.15, -0.1) is 17.9 Å². The molecule has 0 saturated heterocycles. The van der Waals surface area contributed by atoms with Crippen LogP contribution >= 0.6 is 11.3 Å². The Labute approximate surface area is 216 Å². The van der Waals surface area contributed by atoms with Crippen molar-refractivity contribution in [3.63, 3.8) is 0 Å². The number of nitrogens with one attached hydrogen (secondary N) is 1. The second-order valence-corrected chi connectivity index (χ2v) is 9.13. The monoisotopic (exact) mass is 498 g/mol. The minimum absolute atomic E-state index is 0.107. The van der Waals surface area contributed by atoms with Crippen LogP contribution in [0.4, 0.5) is 5.13 Å². The maximum Gasteiger partial charge on any atom is 0.251 e. The normalized spacial score (nSPS) is 10.6. The topological polar surface area (TPSA) is 80.5 Å². The zero-order valence-corrected chi connectivity index (χ0v) is 21.1. The van der Waals surface area contributed by atoms with Gasteiger partial charge in [0.05, 0.1) is 12.8 Å². The fourth-order valence-electron chi connectivity index (χ4n) is 3.89. The molecule has 0 bridgehead atoms. The molecule has 184 valence electrons. The first-order chi connectivity index (χ1) is 17.6. The molecule has 1 amide bonds. The number of anilines is 1. The van der Waals surface area contributed by atoms with Crippen LogP contribution in [0.3, 0.4) is 0 Å². The van der Waals surface area contributed by atoms with E-state index in [2.05, 4.69) is 16.8 Å². The van der Waals surface area contributed by atoms with E-state index in [1.807, 2.05) is 84.3 Å². The number of ether oxygens (including phenoxy) is 1. The molecule has 0 spiro atoms. The number of hydrogen-bond acceptors (Lipinski definition) is 6. The highest BCUT2D eigenvalue weighted by atomic mass is 32.1. The van der Waals surface area contributed by atoms with E-state index in [1.165, 1.54) is 0 Å². The van der Waals surface area contributed by atoms with Crippen LogP contribution in [0.25, 0.3) is 11.3 Å². The van der Waals surface area contributed by atoms with Crippen molar-refractivity contribution < 1.29 is 9.53 Å². The average Bonchev–Trinajstić information content (AvgIpc) is 3.42. The number of rotatable bonds is 11. The molecule has 36 heavy (non-hydrogen) atoms. The third-order valence-electron chi connectivity index (χ3n) is 5.76. The van der Waals surface area contributed by atoms with Crippen molar-refractivity contribution in [2.75, 3.05) is 18.6 Å². The second-order valence-electron chi connectivity index (χ2n) is 8.29. The highest BCUT2D eigenvalue weighted by Crippen LogP contribution is 2.33. The molecule has 3 aromatic carbocycles. The maximum absolute atomic E-state index is 12.6. The standard InChI is InChI=1S/C29H30N4O2S/c1-3-15-33(29-32-26(20-36-29)25-9-4-5-10-27(25)35-2)19-21-11-13-24(14-12-21)28(34)31-18-23-8-6-7-22(16-23)17-30/h3-14,16,20H,1,15,17-19,30H2,2H3,(H,31,34). The quantitative estimate of drug-likeness (QED) is 0.271. The van der Waals surface area contributed by atoms with Gasteiger partial charge >= 0.3 is 0 Å². The number of nitrogens with zero attached hydrogens (tertiary/aromatic N) is 2. The Kier molecular flexibility index (Phi) is 8.49. The molecule has 0 aliphatic carbocycles. The summed E-state index contributed by atoms with van der Waals surface area (Å²) in [7, 11) is 1.67. The predicted molar refractivity (Wildman–Crippen MR) is 147 cm³/mol. The molecule has 4 rings (SSSR count). The Bertz CT molecular complexity index is 1320. The SMILES string of the molecule is C=CCN(Cc1ccc(C(=O)NCc2cccc(CN)c2)cc1)c1nc(-c2ccccc2OC)cs1. The van der Waals surface area contributed by atoms with Crippen molar-refractivity contribution in [2.45, 2.75) is 19.6 Å². The Morgan fingerprint density at radius 3 is 2.61 bits per heavy atom. The largest absolute Gasteiger partial charge is 0.496 e. The van der Waals surface area contributed by atoms with Gasteiger partial charge in [-0.2, -0.15) is 0 Å². The summed E-state index contributed by atoms with van der Waals surface area (Å²) in [5.41, 5.74) is 11.3. The molecule has 1 heterocycles. The summed E-state index contributed by atoms with van der Waals surface area (Å²) in [5, 5.41) is 5.92. The lowest BCUT2D eigenvalue weighted by atomic mass is 10.1. The van der Waals surface area contributed by atoms with Crippen LogP contribution in [-0.4, -0.2) is 24.5 Å². The van der Waals surface area contributed by atoms with Gasteiger partial charge < -0.3 is 20.7 Å². The molecule has 3 N–H and O–H groups in total. The van der Waals surface area contributed by atoms with Gasteiger partial charge in [0.1, 0.15) is 5.75 Å². The van der Waals surface area contributed by atoms with Crippen LogP contribution in [0.1, 0.15) is 27.0 Å². The number of carbonyl (C=O) groups excluding carboxylic acids is 1. The first kappa shape index (κ1) is 25.2. The van der Waals surface area contributed by atoms with Crippen molar-refractivity contribution in [3.05, 3.63) is 113 Å². The number of para-hydroxylation sites is 1. The minimum Gasteiger partial charge on any atom is -0.496 e. The van der Waals surface area contributed by atoms with Crippen LogP contribution in [-0.2, 0) is 19.6 Å². The molecule has 0 aliphatic rings. The highest BCUT2D eigenvalue weighted by Gasteiger charge is 2.15. The molecule has 0 fully saturated rings. The van der Waals surface area contributed by atoms with Crippen LogP contribution in [0, 0.1) is 0 Å². The van der Waals surface area contributed by atoms with E-state index in [0.29, 0.717) is 31.7 Å². The van der Waals surface area contributed by atoms with Crippen LogP contribution in [0.2, 0.25) is 0 Å². The number of hydrogen-bond donors (Lipinski definition) is 2. The first-order valence-electron chi connectivity index (χ1n) is 11.7. The molecule has 0 aliphatic heterocycles. The molecule has 0 unspecified atom stereocenters. The Hall–Kier alpha value is -3.94. The first-order valence-corrected chi connectivity index (χ1v) is 12.6. The smallest absolute Gasteiger partial charge is 0.251 e. The lowest BCUT2D eigenvalue weighted by Crippen LogP contribution is -2.24. The number of nitrogens with two attached hydrogens (primary N) is 1. The number of methoxy groups -OCH3 is 1. The maximum atomic E-state index is 12.6. The van der Waals surface area contributed by atoms with Crippen molar-refractivity contribution >= 4 is 22.4 Å². The number of aromatic nitrogens is 1. The number of amides is 1. The summed E-state index contributed by atoms with van der Waals surface area (Å²) >= 11 is 1.59. The fourth-order valence-corrected chi connectivity index (χ4v) is 4.72. The third kappa shape index (κ3) is 6.19. The summed E-state index contributed by atoms with van der Waals surface area (Å²) in [6.45, 7) is 6.16. The summed E-state index contributed by atoms with van der Waals surface area (Å²) in [5.74, 6) is 0.689. The minimum atomic E-state index is -0.107. The van der Waals surface area contributed by atoms with E-state index in [0.717, 1.165) is 38.8 Å². The second kappa shape index (κ2) is 12.2. The molecule has 6 nitrogen and oxygen atoms in total. The predicted octanol–water partition coefficient (Wildman–Crippen LogP) is 5.40. The van der Waals surface area contributed by atoms with Gasteiger partial charge in [0.2, 0.25) is 0 Å². The molecule has 4 aromatic rings. The third-order valence-corrected chi connectivity index (χ3v) is 6.67. The summed E-state index contributed by atoms with van der Waals surface area (Å²) < 4.78 is 5.49. The van der Waals surface area contributed by atoms with E-state index < -0.39 is 0 Å². The van der Waals surface area contributed by atoms with Gasteiger partial charge in [0.25, 0.3) is 5.91 Å². The highest BCUT2D eigenvalue weighted by molar-refractivity contribution is 7.14. The average molecular weight is 499 g/mol. The number of carbonyl (C=O) groups is 1. The Balaban J connectivity index is 1.42. The van der Waals surface area contributed by atoms with Gasteiger partial charge in [0, 0.05) is 42.7 Å². The number of benzene rings is 3. The molecular formula is C29H30N4O2S. The molecular weight excluding hydrogens is 468 g/mol. The lowest BCUT2D eigenvalue weighted by molar-refractivity contribution is 0.0951. The Morgan fingerprint density at radius 2 is 1.86 bits per heavy atom. The van der Waals surface area contributed by atoms with Gasteiger partial charge in [-0.1, -0.05) is 54.6 Å². The van der Waals surface area contributed by atoms with Crippen molar-refractivity contribution in [3.8, 4) is 17.0 Å². The van der Waals surface area contributed by atoms with E-state index in [4.69, 9.17) is 15.5 Å². The van der Waals surface area contributed by atoms with Crippen molar-refractivity contribution in [2.24, 2.45) is 5.73 Å². The van der Waals surface area contributed by atoms with Crippen molar-refractivity contribution in [1.82, 2.24) is 10.3 Å². The summed E-state index contributed by atoms with van der Waals surface area (Å²) in [4.78, 5) is 19.7. The van der Waals surface area contributed by atoms with Gasteiger partial charge in [-0.25, -0.2) is 4.98 Å². The molecule has 7 heteroatoms. The van der Waals surface area contributed by atoms with E-state index >= 15 is 0 Å². The van der Waals surface area contributed by atoms with Crippen LogP contribution in [0.15, 0.2) is 90.8 Å². The van der Waals surface area contributed by atoms with Crippen LogP contribution in [0.5, 0.6) is 5.75 Å². The Morgan fingerprint density at radius 1 is 1.08 bits per heavy atom. The molecule has 1 aromatic heterocycles.